The van der Waals surface area contributed by atoms with Gasteiger partial charge in [0.1, 0.15) is 12.4 Å². The van der Waals surface area contributed by atoms with Gasteiger partial charge in [0.15, 0.2) is 0 Å². The molecule has 4 nitrogen and oxygen atoms in total. The highest BCUT2D eigenvalue weighted by molar-refractivity contribution is 5.92. The van der Waals surface area contributed by atoms with Crippen molar-refractivity contribution in [3.05, 3.63) is 36.4 Å². The van der Waals surface area contributed by atoms with Crippen molar-refractivity contribution < 1.29 is 9.53 Å². The Kier molecular flexibility index (Phi) is 5.77. The largest absolute Gasteiger partial charge is 0.489 e. The smallest absolute Gasteiger partial charge is 0.238 e. The number of carbonyl (C=O) groups is 1. The van der Waals surface area contributed by atoms with Crippen LogP contribution in [0.25, 0.3) is 0 Å². The molecule has 0 saturated heterocycles. The number of nitrogens with one attached hydrogen (secondary N) is 2. The standard InChI is InChI=1S/C16H24N2O2/c1-12(2)11-20-14-8-6-13(7-9-14)18-15(19)10-17-16(3,4)5/h6-9,17H,1,10-11H2,2-5H3,(H,18,19). The lowest BCUT2D eigenvalue weighted by Crippen LogP contribution is -2.41. The molecule has 1 aromatic carbocycles. The third kappa shape index (κ3) is 6.95. The summed E-state index contributed by atoms with van der Waals surface area (Å²) in [6.07, 6.45) is 0. The molecular weight excluding hydrogens is 252 g/mol. The molecule has 2 N–H and O–H groups in total. The number of anilines is 1. The third-order valence-electron chi connectivity index (χ3n) is 2.40. The molecule has 0 atom stereocenters. The minimum Gasteiger partial charge on any atom is -0.489 e. The van der Waals surface area contributed by atoms with Crippen molar-refractivity contribution in [1.82, 2.24) is 5.32 Å². The average Bonchev–Trinajstić information content (AvgIpc) is 2.35. The van der Waals surface area contributed by atoms with Crippen LogP contribution in [0.1, 0.15) is 27.7 Å². The van der Waals surface area contributed by atoms with Crippen LogP contribution in [0.4, 0.5) is 5.69 Å². The molecule has 1 amide bonds. The second kappa shape index (κ2) is 7.10. The number of benzene rings is 1. The van der Waals surface area contributed by atoms with E-state index in [1.807, 2.05) is 52.0 Å². The first-order chi connectivity index (χ1) is 9.26. The molecule has 0 aliphatic heterocycles. The number of ether oxygens (including phenoxy) is 1. The highest BCUT2D eigenvalue weighted by Gasteiger charge is 2.11. The molecule has 20 heavy (non-hydrogen) atoms. The third-order valence-corrected chi connectivity index (χ3v) is 2.40. The Labute approximate surface area is 121 Å². The van der Waals surface area contributed by atoms with Gasteiger partial charge < -0.3 is 15.4 Å². The summed E-state index contributed by atoms with van der Waals surface area (Å²) in [5, 5.41) is 5.97. The summed E-state index contributed by atoms with van der Waals surface area (Å²) in [6, 6.07) is 7.30. The zero-order valence-corrected chi connectivity index (χ0v) is 12.7. The van der Waals surface area contributed by atoms with E-state index in [4.69, 9.17) is 4.74 Å². The van der Waals surface area contributed by atoms with Crippen molar-refractivity contribution in [3.8, 4) is 5.75 Å². The van der Waals surface area contributed by atoms with Crippen LogP contribution in [-0.2, 0) is 4.79 Å². The first-order valence-electron chi connectivity index (χ1n) is 6.68. The van der Waals surface area contributed by atoms with Gasteiger partial charge in [0.25, 0.3) is 0 Å². The Morgan fingerprint density at radius 1 is 1.25 bits per heavy atom. The molecule has 0 fully saturated rings. The normalized spacial score (nSPS) is 11.0. The summed E-state index contributed by atoms with van der Waals surface area (Å²) < 4.78 is 5.49. The van der Waals surface area contributed by atoms with E-state index in [-0.39, 0.29) is 18.0 Å². The molecule has 0 aromatic heterocycles. The van der Waals surface area contributed by atoms with Gasteiger partial charge in [0, 0.05) is 11.2 Å². The highest BCUT2D eigenvalue weighted by atomic mass is 16.5. The van der Waals surface area contributed by atoms with E-state index < -0.39 is 0 Å². The zero-order valence-electron chi connectivity index (χ0n) is 12.7. The Morgan fingerprint density at radius 2 is 1.85 bits per heavy atom. The Morgan fingerprint density at radius 3 is 2.35 bits per heavy atom. The van der Waals surface area contributed by atoms with Gasteiger partial charge in [0.2, 0.25) is 5.91 Å². The van der Waals surface area contributed by atoms with E-state index in [1.54, 1.807) is 0 Å². The molecular formula is C16H24N2O2. The molecule has 0 saturated carbocycles. The van der Waals surface area contributed by atoms with Gasteiger partial charge >= 0.3 is 0 Å². The quantitative estimate of drug-likeness (QED) is 0.785. The van der Waals surface area contributed by atoms with Gasteiger partial charge in [-0.3, -0.25) is 4.79 Å². The lowest BCUT2D eigenvalue weighted by atomic mass is 10.1. The van der Waals surface area contributed by atoms with Crippen molar-refractivity contribution in [3.63, 3.8) is 0 Å². The molecule has 110 valence electrons. The summed E-state index contributed by atoms with van der Waals surface area (Å²) in [6.45, 7) is 12.5. The summed E-state index contributed by atoms with van der Waals surface area (Å²) in [5.74, 6) is 0.703. The van der Waals surface area contributed by atoms with Crippen LogP contribution >= 0.6 is 0 Å². The maximum atomic E-state index is 11.7. The number of rotatable bonds is 6. The predicted molar refractivity (Wildman–Crippen MR) is 83.1 cm³/mol. The van der Waals surface area contributed by atoms with Gasteiger partial charge in [-0.25, -0.2) is 0 Å². The topological polar surface area (TPSA) is 50.4 Å². The minimum absolute atomic E-state index is 0.0597. The van der Waals surface area contributed by atoms with Gasteiger partial charge in [-0.05, 0) is 57.5 Å². The van der Waals surface area contributed by atoms with Crippen molar-refractivity contribution >= 4 is 11.6 Å². The zero-order chi connectivity index (χ0) is 15.2. The highest BCUT2D eigenvalue weighted by Crippen LogP contribution is 2.16. The lowest BCUT2D eigenvalue weighted by Gasteiger charge is -2.20. The van der Waals surface area contributed by atoms with Crippen molar-refractivity contribution in [2.24, 2.45) is 0 Å². The molecule has 0 heterocycles. The second-order valence-corrected chi connectivity index (χ2v) is 5.92. The first kappa shape index (κ1) is 16.2. The summed E-state index contributed by atoms with van der Waals surface area (Å²) >= 11 is 0. The van der Waals surface area contributed by atoms with E-state index >= 15 is 0 Å². The number of carbonyl (C=O) groups excluding carboxylic acids is 1. The predicted octanol–water partition coefficient (Wildman–Crippen LogP) is 2.97. The minimum atomic E-state index is -0.0718. The Bertz CT molecular complexity index is 458. The van der Waals surface area contributed by atoms with Gasteiger partial charge in [0.05, 0.1) is 6.54 Å². The van der Waals surface area contributed by atoms with Crippen LogP contribution in [-0.4, -0.2) is 24.6 Å². The fraction of sp³-hybridized carbons (Fsp3) is 0.438. The monoisotopic (exact) mass is 276 g/mol. The Hall–Kier alpha value is -1.81. The van der Waals surface area contributed by atoms with E-state index in [1.165, 1.54) is 0 Å². The second-order valence-electron chi connectivity index (χ2n) is 5.92. The SMILES string of the molecule is C=C(C)COc1ccc(NC(=O)CNC(C)(C)C)cc1. The summed E-state index contributed by atoms with van der Waals surface area (Å²) in [4.78, 5) is 11.7. The number of hydrogen-bond donors (Lipinski definition) is 2. The molecule has 0 radical (unpaired) electrons. The van der Waals surface area contributed by atoms with E-state index in [0.717, 1.165) is 17.0 Å². The molecule has 0 aliphatic carbocycles. The maximum absolute atomic E-state index is 11.7. The van der Waals surface area contributed by atoms with Crippen LogP contribution in [0.2, 0.25) is 0 Å². The van der Waals surface area contributed by atoms with Crippen LogP contribution in [0.3, 0.4) is 0 Å². The fourth-order valence-corrected chi connectivity index (χ4v) is 1.39. The van der Waals surface area contributed by atoms with Crippen LogP contribution in [0.5, 0.6) is 5.75 Å². The molecule has 4 heteroatoms. The maximum Gasteiger partial charge on any atom is 0.238 e. The number of amides is 1. The van der Waals surface area contributed by atoms with E-state index in [9.17, 15) is 4.79 Å². The van der Waals surface area contributed by atoms with Gasteiger partial charge in [-0.15, -0.1) is 0 Å². The van der Waals surface area contributed by atoms with Crippen LogP contribution in [0.15, 0.2) is 36.4 Å². The fourth-order valence-electron chi connectivity index (χ4n) is 1.39. The average molecular weight is 276 g/mol. The van der Waals surface area contributed by atoms with Crippen molar-refractivity contribution in [2.75, 3.05) is 18.5 Å². The molecule has 1 rings (SSSR count). The molecule has 0 unspecified atom stereocenters. The van der Waals surface area contributed by atoms with Crippen LogP contribution in [0, 0.1) is 0 Å². The summed E-state index contributed by atoms with van der Waals surface area (Å²) in [5.41, 5.74) is 1.65. The molecule has 1 aromatic rings. The first-order valence-corrected chi connectivity index (χ1v) is 6.68. The van der Waals surface area contributed by atoms with Gasteiger partial charge in [-0.2, -0.15) is 0 Å². The number of hydrogen-bond acceptors (Lipinski definition) is 3. The Balaban J connectivity index is 2.44. The molecule has 0 spiro atoms. The molecule has 0 aliphatic rings. The summed E-state index contributed by atoms with van der Waals surface area (Å²) in [7, 11) is 0. The van der Waals surface area contributed by atoms with Gasteiger partial charge in [-0.1, -0.05) is 6.58 Å². The van der Waals surface area contributed by atoms with Crippen molar-refractivity contribution in [1.29, 1.82) is 0 Å². The van der Waals surface area contributed by atoms with E-state index in [0.29, 0.717) is 6.61 Å². The van der Waals surface area contributed by atoms with Crippen molar-refractivity contribution in [2.45, 2.75) is 33.2 Å². The molecule has 0 bridgehead atoms. The van der Waals surface area contributed by atoms with E-state index in [2.05, 4.69) is 17.2 Å². The lowest BCUT2D eigenvalue weighted by molar-refractivity contribution is -0.115. The van der Waals surface area contributed by atoms with Crippen LogP contribution < -0.4 is 15.4 Å².